The highest BCUT2D eigenvalue weighted by Gasteiger charge is 2.11. The van der Waals surface area contributed by atoms with E-state index in [4.69, 9.17) is 23.2 Å². The molecule has 0 bridgehead atoms. The summed E-state index contributed by atoms with van der Waals surface area (Å²) in [6.45, 7) is 0. The summed E-state index contributed by atoms with van der Waals surface area (Å²) in [6, 6.07) is 16.3. The zero-order valence-corrected chi connectivity index (χ0v) is 12.8. The summed E-state index contributed by atoms with van der Waals surface area (Å²) in [7, 11) is 0. The van der Waals surface area contributed by atoms with Crippen LogP contribution in [0.1, 0.15) is 17.0 Å². The molecule has 0 saturated carbocycles. The Morgan fingerprint density at radius 2 is 1.56 bits per heavy atom. The lowest BCUT2D eigenvalue weighted by Crippen LogP contribution is -2.04. The van der Waals surface area contributed by atoms with Crippen LogP contribution in [0, 0.1) is 0 Å². The van der Waals surface area contributed by atoms with Gasteiger partial charge in [-0.25, -0.2) is 0 Å². The van der Waals surface area contributed by atoms with Crippen molar-refractivity contribution in [1.29, 1.82) is 0 Å². The molecule has 0 aromatic heterocycles. The Morgan fingerprint density at radius 3 is 2.11 bits per heavy atom. The van der Waals surface area contributed by atoms with Crippen molar-refractivity contribution >= 4 is 39.1 Å². The van der Waals surface area contributed by atoms with Crippen LogP contribution in [-0.4, -0.2) is 5.88 Å². The SMILES string of the molecule is ClCC(Cc1ccc(Br)cc1)c1ccc(Cl)cc1. The van der Waals surface area contributed by atoms with E-state index in [0.717, 1.165) is 15.9 Å². The van der Waals surface area contributed by atoms with Crippen LogP contribution in [-0.2, 0) is 6.42 Å². The van der Waals surface area contributed by atoms with Gasteiger partial charge in [-0.15, -0.1) is 11.6 Å². The van der Waals surface area contributed by atoms with Crippen LogP contribution >= 0.6 is 39.1 Å². The zero-order valence-electron chi connectivity index (χ0n) is 9.74. The van der Waals surface area contributed by atoms with Gasteiger partial charge < -0.3 is 0 Å². The number of alkyl halides is 1. The molecule has 3 heteroatoms. The van der Waals surface area contributed by atoms with Crippen molar-refractivity contribution in [3.05, 3.63) is 69.2 Å². The van der Waals surface area contributed by atoms with Crippen molar-refractivity contribution in [2.75, 3.05) is 5.88 Å². The van der Waals surface area contributed by atoms with Crippen molar-refractivity contribution in [3.8, 4) is 0 Å². The van der Waals surface area contributed by atoms with Crippen molar-refractivity contribution in [1.82, 2.24) is 0 Å². The minimum Gasteiger partial charge on any atom is -0.126 e. The Balaban J connectivity index is 2.14. The summed E-state index contributed by atoms with van der Waals surface area (Å²) in [5.41, 5.74) is 2.52. The van der Waals surface area contributed by atoms with E-state index in [2.05, 4.69) is 40.2 Å². The highest BCUT2D eigenvalue weighted by molar-refractivity contribution is 9.10. The molecule has 0 saturated heterocycles. The Hall–Kier alpha value is -0.500. The molecular weight excluding hydrogens is 331 g/mol. The lowest BCUT2D eigenvalue weighted by molar-refractivity contribution is 0.766. The van der Waals surface area contributed by atoms with Crippen molar-refractivity contribution in [2.24, 2.45) is 0 Å². The van der Waals surface area contributed by atoms with Gasteiger partial charge in [0, 0.05) is 21.3 Å². The van der Waals surface area contributed by atoms with Crippen LogP contribution in [0.3, 0.4) is 0 Å². The predicted molar refractivity (Wildman–Crippen MR) is 82.8 cm³/mol. The topological polar surface area (TPSA) is 0 Å². The Morgan fingerprint density at radius 1 is 0.944 bits per heavy atom. The first kappa shape index (κ1) is 13.9. The maximum Gasteiger partial charge on any atom is 0.0406 e. The van der Waals surface area contributed by atoms with E-state index < -0.39 is 0 Å². The van der Waals surface area contributed by atoms with Gasteiger partial charge in [0.15, 0.2) is 0 Å². The molecule has 0 nitrogen and oxygen atoms in total. The quantitative estimate of drug-likeness (QED) is 0.627. The van der Waals surface area contributed by atoms with Gasteiger partial charge >= 0.3 is 0 Å². The molecule has 2 aromatic carbocycles. The largest absolute Gasteiger partial charge is 0.126 e. The summed E-state index contributed by atoms with van der Waals surface area (Å²) >= 11 is 15.4. The minimum absolute atomic E-state index is 0.324. The average Bonchev–Trinajstić information content (AvgIpc) is 2.39. The normalized spacial score (nSPS) is 12.4. The third-order valence-electron chi connectivity index (χ3n) is 2.92. The molecule has 2 aromatic rings. The van der Waals surface area contributed by atoms with Crippen LogP contribution in [0.4, 0.5) is 0 Å². The van der Waals surface area contributed by atoms with E-state index in [0.29, 0.717) is 11.8 Å². The van der Waals surface area contributed by atoms with E-state index in [-0.39, 0.29) is 0 Å². The van der Waals surface area contributed by atoms with Crippen LogP contribution < -0.4 is 0 Å². The molecule has 0 fully saturated rings. The van der Waals surface area contributed by atoms with E-state index in [9.17, 15) is 0 Å². The molecule has 1 atom stereocenters. The monoisotopic (exact) mass is 342 g/mol. The molecule has 0 spiro atoms. The summed E-state index contributed by atoms with van der Waals surface area (Å²) in [5.74, 6) is 0.933. The molecule has 18 heavy (non-hydrogen) atoms. The first-order valence-electron chi connectivity index (χ1n) is 5.75. The lowest BCUT2D eigenvalue weighted by atomic mass is 9.94. The van der Waals surface area contributed by atoms with Crippen molar-refractivity contribution in [2.45, 2.75) is 12.3 Å². The fourth-order valence-corrected chi connectivity index (χ4v) is 2.58. The summed E-state index contributed by atoms with van der Waals surface area (Å²) in [4.78, 5) is 0. The third kappa shape index (κ3) is 3.74. The molecule has 0 amide bonds. The molecule has 0 aliphatic heterocycles. The van der Waals surface area contributed by atoms with Gasteiger partial charge in [-0.1, -0.05) is 51.8 Å². The summed E-state index contributed by atoms with van der Waals surface area (Å²) < 4.78 is 1.10. The standard InChI is InChI=1S/C15H13BrCl2/c16-14-5-1-11(2-6-14)9-13(10-17)12-3-7-15(18)8-4-12/h1-8,13H,9-10H2. The molecule has 0 N–H and O–H groups in total. The van der Waals surface area contributed by atoms with Gasteiger partial charge in [0.2, 0.25) is 0 Å². The van der Waals surface area contributed by atoms with Gasteiger partial charge in [-0.3, -0.25) is 0 Å². The third-order valence-corrected chi connectivity index (χ3v) is 4.08. The molecule has 0 aliphatic carbocycles. The fraction of sp³-hybridized carbons (Fsp3) is 0.200. The van der Waals surface area contributed by atoms with E-state index in [1.807, 2.05) is 24.3 Å². The smallest absolute Gasteiger partial charge is 0.0406 e. The van der Waals surface area contributed by atoms with Gasteiger partial charge in [-0.2, -0.15) is 0 Å². The van der Waals surface area contributed by atoms with Gasteiger partial charge in [0.05, 0.1) is 0 Å². The van der Waals surface area contributed by atoms with Crippen LogP contribution in [0.2, 0.25) is 5.02 Å². The molecule has 2 rings (SSSR count). The summed E-state index contributed by atoms with van der Waals surface area (Å²) in [5, 5.41) is 0.760. The zero-order chi connectivity index (χ0) is 13.0. The highest BCUT2D eigenvalue weighted by atomic mass is 79.9. The second-order valence-corrected chi connectivity index (χ2v) is 5.89. The van der Waals surface area contributed by atoms with Crippen molar-refractivity contribution < 1.29 is 0 Å². The predicted octanol–water partition coefficient (Wildman–Crippen LogP) is 5.67. The minimum atomic E-state index is 0.324. The summed E-state index contributed by atoms with van der Waals surface area (Å²) in [6.07, 6.45) is 0.943. The Kier molecular flexibility index (Phi) is 5.11. The number of halogens is 3. The molecule has 94 valence electrons. The molecule has 1 unspecified atom stereocenters. The molecule has 0 radical (unpaired) electrons. The van der Waals surface area contributed by atoms with E-state index >= 15 is 0 Å². The number of hydrogen-bond donors (Lipinski definition) is 0. The maximum atomic E-state index is 6.08. The molecular formula is C15H13BrCl2. The van der Waals surface area contributed by atoms with Gasteiger partial charge in [0.1, 0.15) is 0 Å². The van der Waals surface area contributed by atoms with Gasteiger partial charge in [-0.05, 0) is 41.8 Å². The van der Waals surface area contributed by atoms with Crippen molar-refractivity contribution in [3.63, 3.8) is 0 Å². The number of hydrogen-bond acceptors (Lipinski definition) is 0. The maximum absolute atomic E-state index is 6.08. The van der Waals surface area contributed by atoms with Gasteiger partial charge in [0.25, 0.3) is 0 Å². The highest BCUT2D eigenvalue weighted by Crippen LogP contribution is 2.24. The van der Waals surface area contributed by atoms with E-state index in [1.165, 1.54) is 11.1 Å². The average molecular weight is 344 g/mol. The Labute approximate surface area is 126 Å². The van der Waals surface area contributed by atoms with E-state index in [1.54, 1.807) is 0 Å². The second kappa shape index (κ2) is 6.60. The van der Waals surface area contributed by atoms with Crippen LogP contribution in [0.5, 0.6) is 0 Å². The van der Waals surface area contributed by atoms with Crippen LogP contribution in [0.25, 0.3) is 0 Å². The second-order valence-electron chi connectivity index (χ2n) is 4.23. The lowest BCUT2D eigenvalue weighted by Gasteiger charge is -2.14. The first-order chi connectivity index (χ1) is 8.69. The Bertz CT molecular complexity index is 491. The number of rotatable bonds is 4. The molecule has 0 aliphatic rings. The first-order valence-corrected chi connectivity index (χ1v) is 7.45. The van der Waals surface area contributed by atoms with Crippen LogP contribution in [0.15, 0.2) is 53.0 Å². The number of benzene rings is 2. The fourth-order valence-electron chi connectivity index (χ4n) is 1.90. The molecule has 0 heterocycles.